The highest BCUT2D eigenvalue weighted by molar-refractivity contribution is 6.04. The number of nitriles is 1. The Kier molecular flexibility index (Phi) is 6.56. The van der Waals surface area contributed by atoms with Crippen LogP contribution in [0.5, 0.6) is 0 Å². The SMILES string of the molecule is CC(C)(C#N)c1cccc(C(=O)Nc2cccc(-c3ccc4ccn(-c5cc(NC(=O)C6CC6)ncn5)c4c3)c2)c1. The molecule has 0 radical (unpaired) electrons. The summed E-state index contributed by atoms with van der Waals surface area (Å²) >= 11 is 0. The van der Waals surface area contributed by atoms with Crippen molar-refractivity contribution in [1.29, 1.82) is 5.26 Å². The number of amides is 2. The number of fused-ring (bicyclic) bond motifs is 1. The number of rotatable bonds is 7. The lowest BCUT2D eigenvalue weighted by Crippen LogP contribution is -2.17. The average molecular weight is 541 g/mol. The first kappa shape index (κ1) is 26.0. The zero-order valence-electron chi connectivity index (χ0n) is 22.8. The Morgan fingerprint density at radius 1 is 0.927 bits per heavy atom. The summed E-state index contributed by atoms with van der Waals surface area (Å²) < 4.78 is 1.97. The van der Waals surface area contributed by atoms with Crippen molar-refractivity contribution in [2.45, 2.75) is 32.1 Å². The number of benzene rings is 3. The molecule has 8 heteroatoms. The molecule has 2 heterocycles. The summed E-state index contributed by atoms with van der Waals surface area (Å²) in [5.74, 6) is 0.983. The van der Waals surface area contributed by atoms with Crippen LogP contribution in [0.2, 0.25) is 0 Å². The normalized spacial score (nSPS) is 13.0. The first-order valence-electron chi connectivity index (χ1n) is 13.5. The van der Waals surface area contributed by atoms with Crippen LogP contribution < -0.4 is 10.6 Å². The zero-order chi connectivity index (χ0) is 28.6. The predicted molar refractivity (Wildman–Crippen MR) is 159 cm³/mol. The van der Waals surface area contributed by atoms with Crippen LogP contribution in [-0.2, 0) is 10.2 Å². The van der Waals surface area contributed by atoms with Crippen LogP contribution in [0.25, 0.3) is 27.8 Å². The van der Waals surface area contributed by atoms with Crippen LogP contribution >= 0.6 is 0 Å². The van der Waals surface area contributed by atoms with Crippen molar-refractivity contribution in [3.63, 3.8) is 0 Å². The molecule has 2 aromatic heterocycles. The average Bonchev–Trinajstić information content (AvgIpc) is 3.76. The molecule has 1 aliphatic rings. The molecule has 1 saturated carbocycles. The molecule has 0 spiro atoms. The van der Waals surface area contributed by atoms with Gasteiger partial charge >= 0.3 is 0 Å². The van der Waals surface area contributed by atoms with Crippen molar-refractivity contribution >= 4 is 34.2 Å². The van der Waals surface area contributed by atoms with Gasteiger partial charge in [-0.15, -0.1) is 0 Å². The van der Waals surface area contributed by atoms with Crippen molar-refractivity contribution in [3.8, 4) is 23.0 Å². The van der Waals surface area contributed by atoms with Gasteiger partial charge in [-0.2, -0.15) is 5.26 Å². The van der Waals surface area contributed by atoms with Gasteiger partial charge in [0.15, 0.2) is 0 Å². The monoisotopic (exact) mass is 540 g/mol. The maximum absolute atomic E-state index is 13.1. The van der Waals surface area contributed by atoms with E-state index in [1.807, 2.05) is 73.1 Å². The first-order chi connectivity index (χ1) is 19.8. The van der Waals surface area contributed by atoms with E-state index in [1.165, 1.54) is 6.33 Å². The third kappa shape index (κ3) is 5.43. The summed E-state index contributed by atoms with van der Waals surface area (Å²) in [5, 5.41) is 16.4. The van der Waals surface area contributed by atoms with Crippen molar-refractivity contribution in [1.82, 2.24) is 14.5 Å². The zero-order valence-corrected chi connectivity index (χ0v) is 22.8. The fourth-order valence-corrected chi connectivity index (χ4v) is 4.72. The van der Waals surface area contributed by atoms with Crippen molar-refractivity contribution in [3.05, 3.63) is 103 Å². The molecule has 1 aliphatic carbocycles. The molecular formula is C33H28N6O2. The first-order valence-corrected chi connectivity index (χ1v) is 13.5. The summed E-state index contributed by atoms with van der Waals surface area (Å²) in [6, 6.07) is 27.1. The van der Waals surface area contributed by atoms with Crippen LogP contribution in [-0.4, -0.2) is 26.3 Å². The number of carbonyl (C=O) groups excluding carboxylic acids is 2. The van der Waals surface area contributed by atoms with E-state index in [1.54, 1.807) is 24.3 Å². The fraction of sp³-hybridized carbons (Fsp3) is 0.182. The highest BCUT2D eigenvalue weighted by Gasteiger charge is 2.30. The smallest absolute Gasteiger partial charge is 0.255 e. The Morgan fingerprint density at radius 3 is 2.54 bits per heavy atom. The number of aromatic nitrogens is 3. The van der Waals surface area contributed by atoms with Gasteiger partial charge in [0.2, 0.25) is 5.91 Å². The molecule has 0 aliphatic heterocycles. The van der Waals surface area contributed by atoms with E-state index in [2.05, 4.69) is 32.7 Å². The van der Waals surface area contributed by atoms with Crippen molar-refractivity contribution < 1.29 is 9.59 Å². The molecule has 2 amide bonds. The van der Waals surface area contributed by atoms with Gasteiger partial charge in [-0.05, 0) is 79.8 Å². The maximum atomic E-state index is 13.1. The number of nitrogens with zero attached hydrogens (tertiary/aromatic N) is 4. The Hall–Kier alpha value is -5.29. The van der Waals surface area contributed by atoms with E-state index >= 15 is 0 Å². The molecule has 6 rings (SSSR count). The second kappa shape index (κ2) is 10.4. The van der Waals surface area contributed by atoms with Gasteiger partial charge in [-0.3, -0.25) is 9.59 Å². The number of hydrogen-bond acceptors (Lipinski definition) is 5. The molecule has 1 fully saturated rings. The minimum Gasteiger partial charge on any atom is -0.322 e. The molecule has 2 N–H and O–H groups in total. The highest BCUT2D eigenvalue weighted by Crippen LogP contribution is 2.31. The van der Waals surface area contributed by atoms with E-state index < -0.39 is 5.41 Å². The highest BCUT2D eigenvalue weighted by atomic mass is 16.2. The minimum absolute atomic E-state index is 0.0000142. The molecule has 0 saturated heterocycles. The lowest BCUT2D eigenvalue weighted by atomic mass is 9.85. The number of hydrogen-bond donors (Lipinski definition) is 2. The molecule has 0 unspecified atom stereocenters. The lowest BCUT2D eigenvalue weighted by molar-refractivity contribution is -0.117. The van der Waals surface area contributed by atoms with E-state index in [0.717, 1.165) is 40.4 Å². The summed E-state index contributed by atoms with van der Waals surface area (Å²) in [7, 11) is 0. The van der Waals surface area contributed by atoms with Gasteiger partial charge in [-0.25, -0.2) is 9.97 Å². The molecule has 0 atom stereocenters. The largest absolute Gasteiger partial charge is 0.322 e. The van der Waals surface area contributed by atoms with Crippen molar-refractivity contribution in [2.75, 3.05) is 10.6 Å². The molecular weight excluding hydrogens is 512 g/mol. The summed E-state index contributed by atoms with van der Waals surface area (Å²) in [6.45, 7) is 3.66. The van der Waals surface area contributed by atoms with Gasteiger partial charge in [0, 0.05) is 34.8 Å². The minimum atomic E-state index is -0.690. The van der Waals surface area contributed by atoms with Gasteiger partial charge in [0.25, 0.3) is 5.91 Å². The summed E-state index contributed by atoms with van der Waals surface area (Å²) in [6.07, 6.45) is 5.25. The third-order valence-electron chi connectivity index (χ3n) is 7.37. The molecule has 3 aromatic carbocycles. The lowest BCUT2D eigenvalue weighted by Gasteiger charge is -2.16. The number of carbonyl (C=O) groups is 2. The molecule has 0 bridgehead atoms. The second-order valence-electron chi connectivity index (χ2n) is 10.8. The Balaban J connectivity index is 1.26. The standard InChI is InChI=1S/C33H28N6O2/c1-33(2,19-34)26-7-3-6-25(15-26)32(41)37-27-8-4-5-23(16-27)24-12-9-21-13-14-39(28(21)17-24)30-18-29(35-20-36-30)38-31(40)22-10-11-22/h3-9,12-18,20,22H,10-11H2,1-2H3,(H,37,41)(H,35,36,38,40). The van der Waals surface area contributed by atoms with Crippen molar-refractivity contribution in [2.24, 2.45) is 5.92 Å². The van der Waals surface area contributed by atoms with Crippen LogP contribution in [0, 0.1) is 17.2 Å². The second-order valence-corrected chi connectivity index (χ2v) is 10.8. The van der Waals surface area contributed by atoms with Gasteiger partial charge in [0.1, 0.15) is 18.0 Å². The van der Waals surface area contributed by atoms with Crippen LogP contribution in [0.1, 0.15) is 42.6 Å². The Labute approximate surface area is 237 Å². The van der Waals surface area contributed by atoms with Gasteiger partial charge in [-0.1, -0.05) is 36.4 Å². The molecule has 5 aromatic rings. The van der Waals surface area contributed by atoms with Crippen LogP contribution in [0.4, 0.5) is 11.5 Å². The predicted octanol–water partition coefficient (Wildman–Crippen LogP) is 6.49. The Bertz CT molecular complexity index is 1840. The van der Waals surface area contributed by atoms with Crippen LogP contribution in [0.3, 0.4) is 0 Å². The topological polar surface area (TPSA) is 113 Å². The van der Waals surface area contributed by atoms with Crippen LogP contribution in [0.15, 0.2) is 91.4 Å². The number of nitrogens with one attached hydrogen (secondary N) is 2. The molecule has 41 heavy (non-hydrogen) atoms. The van der Waals surface area contributed by atoms with E-state index in [0.29, 0.717) is 22.9 Å². The van der Waals surface area contributed by atoms with Gasteiger partial charge < -0.3 is 15.2 Å². The Morgan fingerprint density at radius 2 is 1.73 bits per heavy atom. The van der Waals surface area contributed by atoms with E-state index in [-0.39, 0.29) is 17.7 Å². The number of anilines is 2. The molecule has 202 valence electrons. The maximum Gasteiger partial charge on any atom is 0.255 e. The van der Waals surface area contributed by atoms with Gasteiger partial charge in [0.05, 0.1) is 17.0 Å². The summed E-state index contributed by atoms with van der Waals surface area (Å²) in [4.78, 5) is 33.9. The molecule has 8 nitrogen and oxygen atoms in total. The third-order valence-corrected chi connectivity index (χ3v) is 7.37. The quantitative estimate of drug-likeness (QED) is 0.245. The van der Waals surface area contributed by atoms with E-state index in [9.17, 15) is 14.9 Å². The summed E-state index contributed by atoms with van der Waals surface area (Å²) in [5.41, 5.74) is 4.13. The van der Waals surface area contributed by atoms with E-state index in [4.69, 9.17) is 0 Å². The fourth-order valence-electron chi connectivity index (χ4n) is 4.72.